The molecule has 19 heavy (non-hydrogen) atoms. The number of carboxylic acid groups (broad SMARTS) is 1. The van der Waals surface area contributed by atoms with E-state index in [-0.39, 0.29) is 19.1 Å². The first-order chi connectivity index (χ1) is 8.74. The summed E-state index contributed by atoms with van der Waals surface area (Å²) in [6.45, 7) is 5.00. The maximum atomic E-state index is 12.6. The Kier molecular flexibility index (Phi) is 4.97. The summed E-state index contributed by atoms with van der Waals surface area (Å²) in [4.78, 5) is 25.3. The number of amides is 2. The summed E-state index contributed by atoms with van der Waals surface area (Å²) in [5, 5.41) is 8.88. The number of carbonyl (C=O) groups is 2. The van der Waals surface area contributed by atoms with Crippen molar-refractivity contribution in [1.82, 2.24) is 9.80 Å². The Hall–Kier alpha value is -1.53. The minimum atomic E-state index is -1.02. The van der Waals surface area contributed by atoms with Crippen molar-refractivity contribution in [2.75, 3.05) is 26.3 Å². The minimum absolute atomic E-state index is 0.0764. The Balaban J connectivity index is 2.68. The molecule has 0 bridgehead atoms. The van der Waals surface area contributed by atoms with Gasteiger partial charge in [0.15, 0.2) is 0 Å². The highest BCUT2D eigenvalue weighted by atomic mass is 19.1. The number of nitrogens with zero attached hydrogens (tertiary/aromatic N) is 2. The van der Waals surface area contributed by atoms with Crippen LogP contribution in [0.3, 0.4) is 0 Å². The molecule has 0 spiro atoms. The number of rotatable bonds is 3. The lowest BCUT2D eigenvalue weighted by molar-refractivity contribution is 0.0154. The Morgan fingerprint density at radius 1 is 1.47 bits per heavy atom. The van der Waals surface area contributed by atoms with Crippen LogP contribution in [-0.4, -0.2) is 65.0 Å². The average Bonchev–Trinajstić information content (AvgIpc) is 2.72. The van der Waals surface area contributed by atoms with Gasteiger partial charge in [-0.1, -0.05) is 0 Å². The summed E-state index contributed by atoms with van der Waals surface area (Å²) in [5.74, 6) is 0. The van der Waals surface area contributed by atoms with Gasteiger partial charge in [0.05, 0.1) is 12.6 Å². The molecule has 110 valence electrons. The Morgan fingerprint density at radius 3 is 2.53 bits per heavy atom. The first-order valence-electron chi connectivity index (χ1n) is 6.28. The molecule has 1 heterocycles. The number of alkyl halides is 1. The van der Waals surface area contributed by atoms with Crippen molar-refractivity contribution >= 4 is 12.2 Å². The van der Waals surface area contributed by atoms with Crippen molar-refractivity contribution in [2.45, 2.75) is 38.8 Å². The molecule has 0 aliphatic carbocycles. The van der Waals surface area contributed by atoms with Crippen LogP contribution in [0.1, 0.15) is 27.2 Å². The maximum Gasteiger partial charge on any atom is 0.410 e. The van der Waals surface area contributed by atoms with Crippen molar-refractivity contribution in [3.8, 4) is 0 Å². The molecule has 1 fully saturated rings. The minimum Gasteiger partial charge on any atom is -0.465 e. The summed E-state index contributed by atoms with van der Waals surface area (Å²) in [6, 6.07) is -0.318. The lowest BCUT2D eigenvalue weighted by atomic mass is 10.2. The van der Waals surface area contributed by atoms with E-state index in [4.69, 9.17) is 9.84 Å². The number of halogens is 1. The molecule has 1 saturated heterocycles. The molecule has 0 radical (unpaired) electrons. The van der Waals surface area contributed by atoms with Crippen LogP contribution in [0.15, 0.2) is 0 Å². The highest BCUT2D eigenvalue weighted by molar-refractivity contribution is 5.69. The van der Waals surface area contributed by atoms with Gasteiger partial charge in [0.2, 0.25) is 0 Å². The van der Waals surface area contributed by atoms with Crippen LogP contribution < -0.4 is 0 Å². The SMILES string of the molecule is CC(C)(C)OC(=O)N(CCF)C1CCN(C(=O)O)C1. The van der Waals surface area contributed by atoms with Gasteiger partial charge in [0.1, 0.15) is 12.3 Å². The van der Waals surface area contributed by atoms with Crippen LogP contribution in [-0.2, 0) is 4.74 Å². The van der Waals surface area contributed by atoms with E-state index in [1.807, 2.05) is 0 Å². The van der Waals surface area contributed by atoms with Crippen molar-refractivity contribution in [2.24, 2.45) is 0 Å². The summed E-state index contributed by atoms with van der Waals surface area (Å²) in [5.41, 5.74) is -0.656. The molecular formula is C12H21FN2O4. The van der Waals surface area contributed by atoms with Crippen LogP contribution in [0, 0.1) is 0 Å². The molecule has 1 rings (SSSR count). The molecule has 0 saturated carbocycles. The molecule has 1 aliphatic rings. The van der Waals surface area contributed by atoms with Gasteiger partial charge in [-0.2, -0.15) is 0 Å². The lowest BCUT2D eigenvalue weighted by Gasteiger charge is -2.30. The van der Waals surface area contributed by atoms with Gasteiger partial charge in [-0.25, -0.2) is 14.0 Å². The van der Waals surface area contributed by atoms with Gasteiger partial charge in [-0.05, 0) is 27.2 Å². The fraction of sp³-hybridized carbons (Fsp3) is 0.833. The molecule has 6 nitrogen and oxygen atoms in total. The number of hydrogen-bond donors (Lipinski definition) is 1. The van der Waals surface area contributed by atoms with E-state index in [2.05, 4.69) is 0 Å². The first kappa shape index (κ1) is 15.5. The van der Waals surface area contributed by atoms with E-state index < -0.39 is 24.5 Å². The van der Waals surface area contributed by atoms with E-state index in [9.17, 15) is 14.0 Å². The van der Waals surface area contributed by atoms with Crippen LogP contribution in [0.25, 0.3) is 0 Å². The quantitative estimate of drug-likeness (QED) is 0.855. The zero-order valence-corrected chi connectivity index (χ0v) is 11.6. The van der Waals surface area contributed by atoms with Gasteiger partial charge >= 0.3 is 12.2 Å². The lowest BCUT2D eigenvalue weighted by Crippen LogP contribution is -2.46. The van der Waals surface area contributed by atoms with E-state index >= 15 is 0 Å². The fourth-order valence-corrected chi connectivity index (χ4v) is 2.00. The van der Waals surface area contributed by atoms with Gasteiger partial charge in [0, 0.05) is 13.1 Å². The number of ether oxygens (including phenoxy) is 1. The molecule has 0 aromatic rings. The monoisotopic (exact) mass is 276 g/mol. The molecule has 1 unspecified atom stereocenters. The van der Waals surface area contributed by atoms with Gasteiger partial charge in [-0.15, -0.1) is 0 Å². The van der Waals surface area contributed by atoms with Crippen molar-refractivity contribution < 1.29 is 23.8 Å². The normalized spacial score (nSPS) is 19.4. The highest BCUT2D eigenvalue weighted by Gasteiger charge is 2.34. The highest BCUT2D eigenvalue weighted by Crippen LogP contribution is 2.19. The number of carbonyl (C=O) groups excluding carboxylic acids is 1. The van der Waals surface area contributed by atoms with Gasteiger partial charge in [0.25, 0.3) is 0 Å². The second-order valence-electron chi connectivity index (χ2n) is 5.53. The van der Waals surface area contributed by atoms with Crippen LogP contribution >= 0.6 is 0 Å². The van der Waals surface area contributed by atoms with E-state index in [1.165, 1.54) is 9.80 Å². The smallest absolute Gasteiger partial charge is 0.410 e. The maximum absolute atomic E-state index is 12.6. The second kappa shape index (κ2) is 6.08. The standard InChI is InChI=1S/C12H21FN2O4/c1-12(2,3)19-11(18)15(7-5-13)9-4-6-14(8-9)10(16)17/h9H,4-8H2,1-3H3,(H,16,17). The zero-order chi connectivity index (χ0) is 14.6. The Morgan fingerprint density at radius 2 is 2.11 bits per heavy atom. The van der Waals surface area contributed by atoms with Crippen molar-refractivity contribution in [1.29, 1.82) is 0 Å². The summed E-state index contributed by atoms with van der Waals surface area (Å²) in [7, 11) is 0. The van der Waals surface area contributed by atoms with E-state index in [0.717, 1.165) is 0 Å². The molecule has 1 N–H and O–H groups in total. The third-order valence-corrected chi connectivity index (χ3v) is 2.83. The molecule has 7 heteroatoms. The summed E-state index contributed by atoms with van der Waals surface area (Å²) >= 11 is 0. The second-order valence-corrected chi connectivity index (χ2v) is 5.53. The molecule has 1 atom stereocenters. The van der Waals surface area contributed by atoms with E-state index in [1.54, 1.807) is 20.8 Å². The fourth-order valence-electron chi connectivity index (χ4n) is 2.00. The zero-order valence-electron chi connectivity index (χ0n) is 11.6. The average molecular weight is 276 g/mol. The Bertz CT molecular complexity index is 343. The summed E-state index contributed by atoms with van der Waals surface area (Å²) < 4.78 is 17.8. The molecular weight excluding hydrogens is 255 g/mol. The van der Waals surface area contributed by atoms with Crippen LogP contribution in [0.2, 0.25) is 0 Å². The summed E-state index contributed by atoms with van der Waals surface area (Å²) in [6.07, 6.45) is -1.11. The molecule has 2 amide bonds. The van der Waals surface area contributed by atoms with E-state index in [0.29, 0.717) is 13.0 Å². The van der Waals surface area contributed by atoms with Gasteiger partial charge < -0.3 is 19.6 Å². The molecule has 0 aromatic heterocycles. The molecule has 0 aromatic carbocycles. The van der Waals surface area contributed by atoms with Crippen LogP contribution in [0.5, 0.6) is 0 Å². The number of hydrogen-bond acceptors (Lipinski definition) is 3. The third-order valence-electron chi connectivity index (χ3n) is 2.83. The number of likely N-dealkylation sites (tertiary alicyclic amines) is 1. The topological polar surface area (TPSA) is 70.1 Å². The van der Waals surface area contributed by atoms with Gasteiger partial charge in [-0.3, -0.25) is 0 Å². The predicted molar refractivity (Wildman–Crippen MR) is 66.9 cm³/mol. The Labute approximate surface area is 112 Å². The predicted octanol–water partition coefficient (Wildman–Crippen LogP) is 1.95. The first-order valence-corrected chi connectivity index (χ1v) is 6.28. The van der Waals surface area contributed by atoms with Crippen molar-refractivity contribution in [3.63, 3.8) is 0 Å². The van der Waals surface area contributed by atoms with Crippen LogP contribution in [0.4, 0.5) is 14.0 Å². The van der Waals surface area contributed by atoms with Crippen molar-refractivity contribution in [3.05, 3.63) is 0 Å². The third kappa shape index (κ3) is 4.57. The molecule has 1 aliphatic heterocycles. The largest absolute Gasteiger partial charge is 0.465 e.